The van der Waals surface area contributed by atoms with Crippen LogP contribution in [-0.2, 0) is 0 Å². The zero-order chi connectivity index (χ0) is 11.5. The normalized spacial score (nSPS) is 10.1. The Morgan fingerprint density at radius 3 is 2.56 bits per heavy atom. The van der Waals surface area contributed by atoms with Crippen LogP contribution in [0.3, 0.4) is 0 Å². The van der Waals surface area contributed by atoms with Gasteiger partial charge in [-0.2, -0.15) is 0 Å². The van der Waals surface area contributed by atoms with Gasteiger partial charge in [0.25, 0.3) is 0 Å². The molecule has 2 aromatic carbocycles. The molecule has 2 aromatic rings. The summed E-state index contributed by atoms with van der Waals surface area (Å²) in [6, 6.07) is 12.7. The zero-order valence-electron chi connectivity index (χ0n) is 8.97. The van der Waals surface area contributed by atoms with Crippen LogP contribution in [0.4, 0.5) is 0 Å². The number of aryl methyl sites for hydroxylation is 1. The SMILES string of the molecule is Cc1cc(-c2ccccc2C=O)ccc1O. The van der Waals surface area contributed by atoms with Crippen LogP contribution in [0.25, 0.3) is 11.1 Å². The van der Waals surface area contributed by atoms with Gasteiger partial charge >= 0.3 is 0 Å². The molecule has 0 fully saturated rings. The Balaban J connectivity index is 2.58. The number of carbonyl (C=O) groups excluding carboxylic acids is 1. The van der Waals surface area contributed by atoms with Crippen LogP contribution in [0.15, 0.2) is 42.5 Å². The highest BCUT2D eigenvalue weighted by Gasteiger charge is 2.05. The Labute approximate surface area is 94.2 Å². The molecule has 0 atom stereocenters. The quantitative estimate of drug-likeness (QED) is 0.776. The van der Waals surface area contributed by atoms with Gasteiger partial charge in [-0.15, -0.1) is 0 Å². The first kappa shape index (κ1) is 10.4. The summed E-state index contributed by atoms with van der Waals surface area (Å²) in [4.78, 5) is 10.9. The van der Waals surface area contributed by atoms with E-state index in [4.69, 9.17) is 0 Å². The molecule has 0 spiro atoms. The van der Waals surface area contributed by atoms with Crippen molar-refractivity contribution >= 4 is 6.29 Å². The standard InChI is InChI=1S/C14H12O2/c1-10-8-11(6-7-14(10)16)13-5-3-2-4-12(13)9-15/h2-9,16H,1H3. The summed E-state index contributed by atoms with van der Waals surface area (Å²) in [6.45, 7) is 1.84. The molecular weight excluding hydrogens is 200 g/mol. The van der Waals surface area contributed by atoms with E-state index in [9.17, 15) is 9.90 Å². The Hall–Kier alpha value is -2.09. The lowest BCUT2D eigenvalue weighted by Crippen LogP contribution is -1.87. The van der Waals surface area contributed by atoms with Gasteiger partial charge in [-0.1, -0.05) is 30.3 Å². The van der Waals surface area contributed by atoms with Crippen molar-refractivity contribution in [2.45, 2.75) is 6.92 Å². The van der Waals surface area contributed by atoms with E-state index in [-0.39, 0.29) is 5.75 Å². The van der Waals surface area contributed by atoms with Gasteiger partial charge in [-0.25, -0.2) is 0 Å². The topological polar surface area (TPSA) is 37.3 Å². The van der Waals surface area contributed by atoms with Gasteiger partial charge in [0.05, 0.1) is 0 Å². The van der Waals surface area contributed by atoms with Crippen LogP contribution in [0.5, 0.6) is 5.75 Å². The minimum atomic E-state index is 0.271. The third-order valence-electron chi connectivity index (χ3n) is 2.60. The fraction of sp³-hybridized carbons (Fsp3) is 0.0714. The van der Waals surface area contributed by atoms with Crippen molar-refractivity contribution in [3.8, 4) is 16.9 Å². The van der Waals surface area contributed by atoms with Crippen LogP contribution in [-0.4, -0.2) is 11.4 Å². The van der Waals surface area contributed by atoms with E-state index < -0.39 is 0 Å². The van der Waals surface area contributed by atoms with Gasteiger partial charge in [0.1, 0.15) is 5.75 Å². The van der Waals surface area contributed by atoms with Gasteiger partial charge in [0, 0.05) is 5.56 Å². The van der Waals surface area contributed by atoms with Gasteiger partial charge in [0.15, 0.2) is 6.29 Å². The molecule has 0 aromatic heterocycles. The zero-order valence-corrected chi connectivity index (χ0v) is 8.97. The van der Waals surface area contributed by atoms with E-state index >= 15 is 0 Å². The second-order valence-corrected chi connectivity index (χ2v) is 3.71. The lowest BCUT2D eigenvalue weighted by atomic mass is 9.99. The van der Waals surface area contributed by atoms with Gasteiger partial charge in [-0.3, -0.25) is 4.79 Å². The molecule has 0 aliphatic rings. The third-order valence-corrected chi connectivity index (χ3v) is 2.60. The summed E-state index contributed by atoms with van der Waals surface area (Å²) in [5.41, 5.74) is 3.30. The van der Waals surface area contributed by atoms with Crippen LogP contribution in [0, 0.1) is 6.92 Å². The Kier molecular flexibility index (Phi) is 2.73. The second kappa shape index (κ2) is 4.19. The molecule has 0 saturated heterocycles. The minimum Gasteiger partial charge on any atom is -0.508 e. The molecule has 0 aliphatic carbocycles. The van der Waals surface area contributed by atoms with E-state index in [0.717, 1.165) is 23.0 Å². The molecule has 80 valence electrons. The molecule has 0 heterocycles. The monoisotopic (exact) mass is 212 g/mol. The molecule has 0 amide bonds. The molecular formula is C14H12O2. The van der Waals surface area contributed by atoms with Gasteiger partial charge in [0.2, 0.25) is 0 Å². The molecule has 0 unspecified atom stereocenters. The Morgan fingerprint density at radius 1 is 1.12 bits per heavy atom. The molecule has 16 heavy (non-hydrogen) atoms. The van der Waals surface area contributed by atoms with Crippen molar-refractivity contribution in [1.29, 1.82) is 0 Å². The molecule has 2 nitrogen and oxygen atoms in total. The summed E-state index contributed by atoms with van der Waals surface area (Å²) < 4.78 is 0. The average molecular weight is 212 g/mol. The van der Waals surface area contributed by atoms with E-state index in [2.05, 4.69) is 0 Å². The van der Waals surface area contributed by atoms with Crippen molar-refractivity contribution < 1.29 is 9.90 Å². The maximum atomic E-state index is 10.9. The number of aldehydes is 1. The maximum absolute atomic E-state index is 10.9. The van der Waals surface area contributed by atoms with Crippen molar-refractivity contribution in [3.05, 3.63) is 53.6 Å². The second-order valence-electron chi connectivity index (χ2n) is 3.71. The summed E-state index contributed by atoms with van der Waals surface area (Å²) in [7, 11) is 0. The summed E-state index contributed by atoms with van der Waals surface area (Å²) >= 11 is 0. The summed E-state index contributed by atoms with van der Waals surface area (Å²) in [5, 5.41) is 9.45. The fourth-order valence-electron chi connectivity index (χ4n) is 1.69. The summed E-state index contributed by atoms with van der Waals surface area (Å²) in [5.74, 6) is 0.271. The van der Waals surface area contributed by atoms with Crippen molar-refractivity contribution in [2.75, 3.05) is 0 Å². The predicted octanol–water partition coefficient (Wildman–Crippen LogP) is 3.18. The Morgan fingerprint density at radius 2 is 1.88 bits per heavy atom. The first-order valence-electron chi connectivity index (χ1n) is 5.06. The molecule has 0 bridgehead atoms. The number of benzene rings is 2. The van der Waals surface area contributed by atoms with Gasteiger partial charge in [-0.05, 0) is 35.7 Å². The number of phenolic OH excluding ortho intramolecular Hbond substituents is 1. The van der Waals surface area contributed by atoms with Crippen LogP contribution < -0.4 is 0 Å². The number of aromatic hydroxyl groups is 1. The highest BCUT2D eigenvalue weighted by Crippen LogP contribution is 2.27. The average Bonchev–Trinajstić information content (AvgIpc) is 2.32. The minimum absolute atomic E-state index is 0.271. The van der Waals surface area contributed by atoms with Crippen molar-refractivity contribution in [3.63, 3.8) is 0 Å². The number of hydrogen-bond donors (Lipinski definition) is 1. The van der Waals surface area contributed by atoms with E-state index in [1.165, 1.54) is 0 Å². The highest BCUT2D eigenvalue weighted by molar-refractivity contribution is 5.87. The summed E-state index contributed by atoms with van der Waals surface area (Å²) in [6.07, 6.45) is 0.845. The first-order chi connectivity index (χ1) is 7.72. The lowest BCUT2D eigenvalue weighted by molar-refractivity contribution is 0.112. The molecule has 1 N–H and O–H groups in total. The van der Waals surface area contributed by atoms with Crippen LogP contribution in [0.1, 0.15) is 15.9 Å². The molecule has 0 saturated carbocycles. The van der Waals surface area contributed by atoms with Crippen molar-refractivity contribution in [2.24, 2.45) is 0 Å². The van der Waals surface area contributed by atoms with Crippen molar-refractivity contribution in [1.82, 2.24) is 0 Å². The molecule has 0 aliphatic heterocycles. The lowest BCUT2D eigenvalue weighted by Gasteiger charge is -2.06. The molecule has 0 radical (unpaired) electrons. The molecule has 2 heteroatoms. The first-order valence-corrected chi connectivity index (χ1v) is 5.06. The van der Waals surface area contributed by atoms with Crippen LogP contribution in [0.2, 0.25) is 0 Å². The van der Waals surface area contributed by atoms with E-state index in [1.54, 1.807) is 12.1 Å². The third kappa shape index (κ3) is 1.82. The maximum Gasteiger partial charge on any atom is 0.150 e. The highest BCUT2D eigenvalue weighted by atomic mass is 16.3. The number of phenols is 1. The van der Waals surface area contributed by atoms with E-state index in [0.29, 0.717) is 5.56 Å². The van der Waals surface area contributed by atoms with E-state index in [1.807, 2.05) is 37.3 Å². The van der Waals surface area contributed by atoms with Gasteiger partial charge < -0.3 is 5.11 Å². The number of hydrogen-bond acceptors (Lipinski definition) is 2. The predicted molar refractivity (Wildman–Crippen MR) is 63.7 cm³/mol. The number of carbonyl (C=O) groups is 1. The Bertz CT molecular complexity index is 530. The smallest absolute Gasteiger partial charge is 0.150 e. The fourth-order valence-corrected chi connectivity index (χ4v) is 1.69. The molecule has 2 rings (SSSR count). The number of rotatable bonds is 2. The largest absolute Gasteiger partial charge is 0.508 e. The van der Waals surface area contributed by atoms with Crippen LogP contribution >= 0.6 is 0 Å².